The number of aliphatic hydroxyl groups is 6. The Kier molecular flexibility index (Phi) is 7.98. The molecule has 0 bridgehead atoms. The normalized spacial score (nSPS) is 39.6. The number of benzene rings is 1. The Hall–Kier alpha value is -1.38. The van der Waals surface area contributed by atoms with Crippen molar-refractivity contribution in [1.82, 2.24) is 0 Å². The lowest BCUT2D eigenvalue weighted by atomic mass is 9.98. The summed E-state index contributed by atoms with van der Waals surface area (Å²) in [6.07, 6.45) is -12.6. The van der Waals surface area contributed by atoms with Crippen LogP contribution < -0.4 is 4.74 Å². The Morgan fingerprint density at radius 1 is 0.933 bits per heavy atom. The third-order valence-corrected chi connectivity index (χ3v) is 5.14. The molecule has 9 atom stereocenters. The van der Waals surface area contributed by atoms with Gasteiger partial charge in [0.1, 0.15) is 48.5 Å². The molecular formula is C19H28O11. The lowest BCUT2D eigenvalue weighted by Crippen LogP contribution is -2.63. The molecular weight excluding hydrogens is 404 g/mol. The molecule has 1 aromatic carbocycles. The summed E-state index contributed by atoms with van der Waals surface area (Å²) in [5.41, 5.74) is 0.763. The van der Waals surface area contributed by atoms with E-state index in [1.54, 1.807) is 31.4 Å². The summed E-state index contributed by atoms with van der Waals surface area (Å²) in [7, 11) is 1.55. The largest absolute Gasteiger partial charge is 0.497 e. The number of methoxy groups -OCH3 is 1. The minimum absolute atomic E-state index is 0.0557. The second-order valence-electron chi connectivity index (χ2n) is 7.22. The summed E-state index contributed by atoms with van der Waals surface area (Å²) in [6.45, 7) is -0.829. The molecule has 2 aliphatic rings. The lowest BCUT2D eigenvalue weighted by Gasteiger charge is -2.44. The average Bonchev–Trinajstić information content (AvgIpc) is 2.76. The van der Waals surface area contributed by atoms with Gasteiger partial charge in [-0.3, -0.25) is 0 Å². The van der Waals surface area contributed by atoms with Gasteiger partial charge in [0.2, 0.25) is 0 Å². The van der Waals surface area contributed by atoms with Gasteiger partial charge in [0.15, 0.2) is 12.6 Å². The standard InChI is InChI=1S/C19H28O11/c1-26-10-4-2-9(3-5-10)7-27-19-16(25)17(14(23)12(6-20)29-19)30-18-15(24)13(22)11(21)8-28-18/h2-5,11-25H,6-8H2,1H3. The first-order chi connectivity index (χ1) is 14.3. The van der Waals surface area contributed by atoms with Crippen LogP contribution in [0.5, 0.6) is 5.75 Å². The van der Waals surface area contributed by atoms with E-state index in [4.69, 9.17) is 23.7 Å². The van der Waals surface area contributed by atoms with Crippen molar-refractivity contribution in [1.29, 1.82) is 0 Å². The molecule has 1 aromatic rings. The molecule has 3 rings (SSSR count). The third kappa shape index (κ3) is 5.08. The summed E-state index contributed by atoms with van der Waals surface area (Å²) in [6, 6.07) is 7.01. The van der Waals surface area contributed by atoms with E-state index >= 15 is 0 Å². The average molecular weight is 432 g/mol. The Bertz CT molecular complexity index is 656. The molecule has 11 nitrogen and oxygen atoms in total. The fourth-order valence-electron chi connectivity index (χ4n) is 3.31. The number of hydrogen-bond acceptors (Lipinski definition) is 11. The van der Waals surface area contributed by atoms with Gasteiger partial charge in [0.25, 0.3) is 0 Å². The van der Waals surface area contributed by atoms with Crippen molar-refractivity contribution in [3.63, 3.8) is 0 Å². The second kappa shape index (κ2) is 10.3. The van der Waals surface area contributed by atoms with Crippen LogP contribution in [0.4, 0.5) is 0 Å². The Labute approximate surface area is 172 Å². The van der Waals surface area contributed by atoms with Gasteiger partial charge in [-0.05, 0) is 17.7 Å². The van der Waals surface area contributed by atoms with E-state index in [0.717, 1.165) is 5.56 Å². The Morgan fingerprint density at radius 2 is 1.63 bits per heavy atom. The fraction of sp³-hybridized carbons (Fsp3) is 0.684. The molecule has 2 fully saturated rings. The van der Waals surface area contributed by atoms with Crippen molar-refractivity contribution < 1.29 is 54.3 Å². The summed E-state index contributed by atoms with van der Waals surface area (Å²) in [5.74, 6) is 0.669. The van der Waals surface area contributed by atoms with Gasteiger partial charge in [-0.2, -0.15) is 0 Å². The molecule has 2 aliphatic heterocycles. The second-order valence-corrected chi connectivity index (χ2v) is 7.22. The predicted molar refractivity (Wildman–Crippen MR) is 98.2 cm³/mol. The molecule has 0 radical (unpaired) electrons. The topological polar surface area (TPSA) is 168 Å². The first-order valence-corrected chi connectivity index (χ1v) is 9.54. The molecule has 2 heterocycles. The summed E-state index contributed by atoms with van der Waals surface area (Å²) >= 11 is 0. The van der Waals surface area contributed by atoms with E-state index in [1.807, 2.05) is 0 Å². The molecule has 170 valence electrons. The van der Waals surface area contributed by atoms with E-state index in [9.17, 15) is 30.6 Å². The SMILES string of the molecule is COc1ccc(COC2OC(CO)C(O)C(OC3OCC(O)C(O)C3O)C2O)cc1. The zero-order valence-electron chi connectivity index (χ0n) is 16.4. The smallest absolute Gasteiger partial charge is 0.187 e. The van der Waals surface area contributed by atoms with Gasteiger partial charge in [0.05, 0.1) is 26.9 Å². The Balaban J connectivity index is 1.66. The van der Waals surface area contributed by atoms with Gasteiger partial charge in [0, 0.05) is 0 Å². The molecule has 11 heteroatoms. The quantitative estimate of drug-likeness (QED) is 0.269. The van der Waals surface area contributed by atoms with E-state index < -0.39 is 61.9 Å². The zero-order chi connectivity index (χ0) is 21.8. The molecule has 30 heavy (non-hydrogen) atoms. The number of ether oxygens (including phenoxy) is 5. The van der Waals surface area contributed by atoms with Gasteiger partial charge in [-0.15, -0.1) is 0 Å². The van der Waals surface area contributed by atoms with Crippen LogP contribution in [0.2, 0.25) is 0 Å². The van der Waals surface area contributed by atoms with Gasteiger partial charge >= 0.3 is 0 Å². The molecule has 2 saturated heterocycles. The van der Waals surface area contributed by atoms with Crippen molar-refractivity contribution in [3.8, 4) is 5.75 Å². The van der Waals surface area contributed by atoms with Crippen LogP contribution in [0.25, 0.3) is 0 Å². The molecule has 0 aromatic heterocycles. The number of rotatable bonds is 7. The third-order valence-electron chi connectivity index (χ3n) is 5.14. The first-order valence-electron chi connectivity index (χ1n) is 9.54. The summed E-state index contributed by atoms with van der Waals surface area (Å²) < 4.78 is 26.8. The Morgan fingerprint density at radius 3 is 2.27 bits per heavy atom. The highest BCUT2D eigenvalue weighted by molar-refractivity contribution is 5.26. The van der Waals surface area contributed by atoms with Crippen LogP contribution in [0.3, 0.4) is 0 Å². The van der Waals surface area contributed by atoms with Crippen molar-refractivity contribution in [2.24, 2.45) is 0 Å². The summed E-state index contributed by atoms with van der Waals surface area (Å²) in [5, 5.41) is 59.9. The van der Waals surface area contributed by atoms with Crippen LogP contribution in [0.1, 0.15) is 5.56 Å². The van der Waals surface area contributed by atoms with Gasteiger partial charge < -0.3 is 54.3 Å². The highest BCUT2D eigenvalue weighted by Gasteiger charge is 2.49. The van der Waals surface area contributed by atoms with E-state index in [2.05, 4.69) is 0 Å². The van der Waals surface area contributed by atoms with Crippen molar-refractivity contribution in [2.75, 3.05) is 20.3 Å². The van der Waals surface area contributed by atoms with Crippen LogP contribution in [-0.4, -0.2) is 106 Å². The molecule has 0 aliphatic carbocycles. The molecule has 9 unspecified atom stereocenters. The van der Waals surface area contributed by atoms with Crippen molar-refractivity contribution in [2.45, 2.75) is 61.9 Å². The van der Waals surface area contributed by atoms with Crippen LogP contribution in [0.15, 0.2) is 24.3 Å². The highest BCUT2D eigenvalue weighted by Crippen LogP contribution is 2.28. The van der Waals surface area contributed by atoms with Crippen molar-refractivity contribution >= 4 is 0 Å². The fourth-order valence-corrected chi connectivity index (χ4v) is 3.31. The monoisotopic (exact) mass is 432 g/mol. The van der Waals surface area contributed by atoms with Crippen molar-refractivity contribution in [3.05, 3.63) is 29.8 Å². The predicted octanol–water partition coefficient (Wildman–Crippen LogP) is -2.52. The summed E-state index contributed by atoms with van der Waals surface area (Å²) in [4.78, 5) is 0. The maximum atomic E-state index is 10.6. The molecule has 0 amide bonds. The van der Waals surface area contributed by atoms with Gasteiger partial charge in [-0.1, -0.05) is 12.1 Å². The molecule has 0 saturated carbocycles. The van der Waals surface area contributed by atoms with E-state index in [-0.39, 0.29) is 13.2 Å². The minimum Gasteiger partial charge on any atom is -0.497 e. The van der Waals surface area contributed by atoms with E-state index in [0.29, 0.717) is 5.75 Å². The van der Waals surface area contributed by atoms with Crippen LogP contribution >= 0.6 is 0 Å². The minimum atomic E-state index is -1.61. The van der Waals surface area contributed by atoms with Gasteiger partial charge in [-0.25, -0.2) is 0 Å². The number of aliphatic hydroxyl groups excluding tert-OH is 6. The van der Waals surface area contributed by atoms with Crippen LogP contribution in [0, 0.1) is 0 Å². The zero-order valence-corrected chi connectivity index (χ0v) is 16.4. The maximum Gasteiger partial charge on any atom is 0.187 e. The molecule has 6 N–H and O–H groups in total. The molecule has 0 spiro atoms. The number of hydrogen-bond donors (Lipinski definition) is 6. The highest BCUT2D eigenvalue weighted by atomic mass is 16.7. The van der Waals surface area contributed by atoms with E-state index in [1.165, 1.54) is 0 Å². The van der Waals surface area contributed by atoms with Crippen LogP contribution in [-0.2, 0) is 25.6 Å². The first kappa shape index (κ1) is 23.3. The maximum absolute atomic E-state index is 10.6. The lowest BCUT2D eigenvalue weighted by molar-refractivity contribution is -0.350.